The molecule has 2 aliphatic rings. The van der Waals surface area contributed by atoms with Gasteiger partial charge in [0.1, 0.15) is 11.4 Å². The highest BCUT2D eigenvalue weighted by molar-refractivity contribution is 9.10. The molecule has 0 radical (unpaired) electrons. The smallest absolute Gasteiger partial charge is 0.257 e. The highest BCUT2D eigenvalue weighted by atomic mass is 79.9. The third-order valence-electron chi connectivity index (χ3n) is 8.36. The van der Waals surface area contributed by atoms with Gasteiger partial charge in [-0.2, -0.15) is 0 Å². The third kappa shape index (κ3) is 7.28. The minimum absolute atomic E-state index is 0.0420. The van der Waals surface area contributed by atoms with Gasteiger partial charge < -0.3 is 29.8 Å². The molecule has 6 rings (SSSR count). The van der Waals surface area contributed by atoms with Gasteiger partial charge in [-0.3, -0.25) is 9.59 Å². The van der Waals surface area contributed by atoms with Crippen molar-refractivity contribution in [3.63, 3.8) is 0 Å². The fourth-order valence-corrected chi connectivity index (χ4v) is 5.99. The summed E-state index contributed by atoms with van der Waals surface area (Å²) in [5.74, 6) is 1.82. The number of amides is 1. The number of pyridine rings is 2. The number of benzene rings is 1. The molecule has 4 aromatic rings. The largest absolute Gasteiger partial charge is 0.493 e. The average Bonchev–Trinajstić information content (AvgIpc) is 3.10. The summed E-state index contributed by atoms with van der Waals surface area (Å²) in [5, 5.41) is 3.02. The molecule has 47 heavy (non-hydrogen) atoms. The number of rotatable bonds is 9. The summed E-state index contributed by atoms with van der Waals surface area (Å²) in [6.07, 6.45) is 16.4. The van der Waals surface area contributed by atoms with E-state index < -0.39 is 11.3 Å². The van der Waals surface area contributed by atoms with Crippen LogP contribution < -0.4 is 26.0 Å². The standard InChI is InChI=1S/C35H35BrN6O5/c1-45-30-8-5-23(14-31(30)46-2)24-13-27(33(37)38-15-24)22-3-6-26(7-4-22)41-35(44)29-20-42(18-21-9-11-47-12-10-21)19-28(32(29)43)34-39-16-25(36)17-40-34/h3-6,8,13-17,19-21,26H,7,9-12,18H2,1-2H3,(H2,37,38)(H,41,44). The van der Waals surface area contributed by atoms with Crippen molar-refractivity contribution < 1.29 is 19.0 Å². The summed E-state index contributed by atoms with van der Waals surface area (Å²) in [6, 6.07) is 7.32. The quantitative estimate of drug-likeness (QED) is 0.238. The minimum atomic E-state index is -0.460. The summed E-state index contributed by atoms with van der Waals surface area (Å²) in [6.45, 7) is 2.06. The lowest BCUT2D eigenvalue weighted by molar-refractivity contribution is 0.0611. The van der Waals surface area contributed by atoms with Gasteiger partial charge in [-0.05, 0) is 70.4 Å². The van der Waals surface area contributed by atoms with Crippen LogP contribution in [0, 0.1) is 5.92 Å². The summed E-state index contributed by atoms with van der Waals surface area (Å²) >= 11 is 3.34. The van der Waals surface area contributed by atoms with Gasteiger partial charge in [0.2, 0.25) is 5.43 Å². The Labute approximate surface area is 280 Å². The van der Waals surface area contributed by atoms with Gasteiger partial charge in [0.05, 0.1) is 30.3 Å². The number of nitrogens with one attached hydrogen (secondary N) is 1. The lowest BCUT2D eigenvalue weighted by Crippen LogP contribution is -2.37. The Balaban J connectivity index is 1.22. The summed E-state index contributed by atoms with van der Waals surface area (Å²) in [7, 11) is 3.19. The molecular formula is C35H35BrN6O5. The first-order chi connectivity index (χ1) is 22.8. The maximum Gasteiger partial charge on any atom is 0.257 e. The van der Waals surface area contributed by atoms with Crippen LogP contribution in [0.25, 0.3) is 28.1 Å². The Morgan fingerprint density at radius 3 is 2.49 bits per heavy atom. The number of carbonyl (C=O) groups is 1. The van der Waals surface area contributed by atoms with E-state index in [4.69, 9.17) is 19.9 Å². The van der Waals surface area contributed by atoms with Crippen molar-refractivity contribution in [2.75, 3.05) is 33.2 Å². The van der Waals surface area contributed by atoms with E-state index in [2.05, 4.69) is 36.2 Å². The van der Waals surface area contributed by atoms with Gasteiger partial charge in [-0.15, -0.1) is 0 Å². The van der Waals surface area contributed by atoms with Crippen LogP contribution in [0.4, 0.5) is 5.82 Å². The van der Waals surface area contributed by atoms with Crippen LogP contribution in [0.5, 0.6) is 11.5 Å². The van der Waals surface area contributed by atoms with Crippen LogP contribution >= 0.6 is 15.9 Å². The van der Waals surface area contributed by atoms with Crippen molar-refractivity contribution in [3.05, 3.63) is 99.3 Å². The number of carbonyl (C=O) groups excluding carboxylic acids is 1. The molecule has 1 saturated heterocycles. The maximum atomic E-state index is 13.6. The fourth-order valence-electron chi connectivity index (χ4n) is 5.79. The minimum Gasteiger partial charge on any atom is -0.493 e. The maximum absolute atomic E-state index is 13.6. The Morgan fingerprint density at radius 1 is 1.02 bits per heavy atom. The Hall–Kier alpha value is -4.81. The van der Waals surface area contributed by atoms with E-state index in [0.29, 0.717) is 53.9 Å². The van der Waals surface area contributed by atoms with Crippen molar-refractivity contribution in [2.45, 2.75) is 31.8 Å². The van der Waals surface area contributed by atoms with E-state index in [9.17, 15) is 9.59 Å². The van der Waals surface area contributed by atoms with E-state index in [0.717, 1.165) is 35.1 Å². The number of halogens is 1. The molecular weight excluding hydrogens is 664 g/mol. The number of hydrogen-bond donors (Lipinski definition) is 2. The Bertz CT molecular complexity index is 1900. The van der Waals surface area contributed by atoms with E-state index in [-0.39, 0.29) is 23.0 Å². The molecule has 0 saturated carbocycles. The summed E-state index contributed by atoms with van der Waals surface area (Å²) in [4.78, 5) is 40.4. The van der Waals surface area contributed by atoms with E-state index in [1.165, 1.54) is 0 Å². The van der Waals surface area contributed by atoms with Crippen molar-refractivity contribution in [1.29, 1.82) is 0 Å². The molecule has 1 aliphatic heterocycles. The molecule has 1 unspecified atom stereocenters. The molecule has 0 spiro atoms. The van der Waals surface area contributed by atoms with Crippen LogP contribution in [0.1, 0.15) is 35.2 Å². The lowest BCUT2D eigenvalue weighted by Gasteiger charge is -2.24. The number of allylic oxidation sites excluding steroid dienone is 2. The third-order valence-corrected chi connectivity index (χ3v) is 8.77. The van der Waals surface area contributed by atoms with Gasteiger partial charge in [-0.1, -0.05) is 24.3 Å². The molecule has 242 valence electrons. The molecule has 0 bridgehead atoms. The van der Waals surface area contributed by atoms with Gasteiger partial charge in [-0.25, -0.2) is 15.0 Å². The lowest BCUT2D eigenvalue weighted by atomic mass is 9.95. The first kappa shape index (κ1) is 32.1. The zero-order valence-electron chi connectivity index (χ0n) is 26.1. The summed E-state index contributed by atoms with van der Waals surface area (Å²) in [5.41, 5.74) is 9.63. The van der Waals surface area contributed by atoms with Crippen LogP contribution in [0.15, 0.2) is 82.7 Å². The van der Waals surface area contributed by atoms with Crippen molar-refractivity contribution in [2.24, 2.45) is 5.92 Å². The molecule has 3 N–H and O–H groups in total. The molecule has 3 aromatic heterocycles. The number of nitrogens with zero attached hydrogens (tertiary/aromatic N) is 4. The van der Waals surface area contributed by atoms with Gasteiger partial charge in [0.15, 0.2) is 17.3 Å². The van der Waals surface area contributed by atoms with Crippen LogP contribution in [0.3, 0.4) is 0 Å². The van der Waals surface area contributed by atoms with Crippen molar-refractivity contribution >= 4 is 33.2 Å². The topological polar surface area (TPSA) is 143 Å². The second-order valence-electron chi connectivity index (χ2n) is 11.5. The van der Waals surface area contributed by atoms with Crippen LogP contribution in [-0.2, 0) is 11.3 Å². The molecule has 1 aromatic carbocycles. The second-order valence-corrected chi connectivity index (χ2v) is 12.4. The molecule has 4 heterocycles. The molecule has 1 aliphatic carbocycles. The number of nitrogen functional groups attached to an aromatic ring is 1. The number of ether oxygens (including phenoxy) is 3. The number of hydrogen-bond acceptors (Lipinski definition) is 9. The molecule has 1 atom stereocenters. The first-order valence-corrected chi connectivity index (χ1v) is 16.1. The first-order valence-electron chi connectivity index (χ1n) is 15.3. The molecule has 11 nitrogen and oxygen atoms in total. The SMILES string of the molecule is COc1ccc(-c2cnc(N)c(C3=CCC(NC(=O)c4cn(CC5CCOCC5)cc(-c5ncc(Br)cn5)c4=O)C=C3)c2)cc1OC. The van der Waals surface area contributed by atoms with E-state index >= 15 is 0 Å². The fraction of sp³-hybridized carbons (Fsp3) is 0.286. The number of aromatic nitrogens is 4. The zero-order chi connectivity index (χ0) is 32.9. The predicted molar refractivity (Wildman–Crippen MR) is 183 cm³/mol. The second kappa shape index (κ2) is 14.3. The van der Waals surface area contributed by atoms with Crippen LogP contribution in [-0.4, -0.2) is 58.9 Å². The van der Waals surface area contributed by atoms with Crippen LogP contribution in [0.2, 0.25) is 0 Å². The Morgan fingerprint density at radius 2 is 1.79 bits per heavy atom. The highest BCUT2D eigenvalue weighted by Crippen LogP contribution is 2.34. The molecule has 1 fully saturated rings. The number of methoxy groups -OCH3 is 2. The monoisotopic (exact) mass is 698 g/mol. The normalized spacial score (nSPS) is 16.4. The van der Waals surface area contributed by atoms with E-state index in [1.54, 1.807) is 45.2 Å². The van der Waals surface area contributed by atoms with Gasteiger partial charge in [0, 0.05) is 61.9 Å². The number of anilines is 1. The predicted octanol–water partition coefficient (Wildman–Crippen LogP) is 5.30. The molecule has 12 heteroatoms. The van der Waals surface area contributed by atoms with Gasteiger partial charge in [0.25, 0.3) is 5.91 Å². The van der Waals surface area contributed by atoms with Crippen molar-refractivity contribution in [3.8, 4) is 34.0 Å². The van der Waals surface area contributed by atoms with Crippen molar-refractivity contribution in [1.82, 2.24) is 24.8 Å². The molecule has 1 amide bonds. The zero-order valence-corrected chi connectivity index (χ0v) is 27.7. The summed E-state index contributed by atoms with van der Waals surface area (Å²) < 4.78 is 18.9. The highest BCUT2D eigenvalue weighted by Gasteiger charge is 2.22. The Kier molecular flexibility index (Phi) is 9.79. The average molecular weight is 700 g/mol. The number of nitrogens with two attached hydrogens (primary N) is 1. The van der Waals surface area contributed by atoms with E-state index in [1.807, 2.05) is 47.1 Å². The van der Waals surface area contributed by atoms with Gasteiger partial charge >= 0.3 is 0 Å².